The average Bonchev–Trinajstić information content (AvgIpc) is 2.19. The van der Waals surface area contributed by atoms with Gasteiger partial charge in [-0.3, -0.25) is 4.90 Å². The highest BCUT2D eigenvalue weighted by Crippen LogP contribution is 2.26. The molecule has 1 aliphatic rings. The molecular weight excluding hydrogens is 190 g/mol. The van der Waals surface area contributed by atoms with Crippen LogP contribution >= 0.6 is 0 Å². The summed E-state index contributed by atoms with van der Waals surface area (Å²) in [6.07, 6.45) is 6.36. The molecule has 0 amide bonds. The molecule has 1 rings (SSSR count). The van der Waals surface area contributed by atoms with Gasteiger partial charge in [0.15, 0.2) is 0 Å². The molecule has 2 nitrogen and oxygen atoms in total. The first-order chi connectivity index (χ1) is 6.73. The molecule has 1 unspecified atom stereocenters. The number of rotatable bonds is 5. The summed E-state index contributed by atoms with van der Waals surface area (Å²) in [5.74, 6) is 0. The number of ether oxygens (including phenoxy) is 1. The molecular formula is C11H25NOSi. The smallest absolute Gasteiger partial charge is 0.0970 e. The van der Waals surface area contributed by atoms with Crippen molar-refractivity contribution in [3.8, 4) is 0 Å². The van der Waals surface area contributed by atoms with Crippen LogP contribution in [-0.4, -0.2) is 40.2 Å². The van der Waals surface area contributed by atoms with Crippen LogP contribution in [0, 0.1) is 0 Å². The van der Waals surface area contributed by atoms with Crippen molar-refractivity contribution in [1.29, 1.82) is 0 Å². The summed E-state index contributed by atoms with van der Waals surface area (Å²) in [6.45, 7) is 7.91. The first-order valence-corrected chi connectivity index (χ1v) is 7.12. The highest BCUT2D eigenvalue weighted by atomic mass is 28.1. The Morgan fingerprint density at radius 1 is 1.21 bits per heavy atom. The molecule has 14 heavy (non-hydrogen) atoms. The van der Waals surface area contributed by atoms with Gasteiger partial charge in [-0.25, -0.2) is 0 Å². The van der Waals surface area contributed by atoms with E-state index in [2.05, 4.69) is 18.7 Å². The lowest BCUT2D eigenvalue weighted by molar-refractivity contribution is -0.121. The maximum atomic E-state index is 6.02. The maximum Gasteiger partial charge on any atom is 0.0970 e. The third-order valence-corrected chi connectivity index (χ3v) is 4.53. The van der Waals surface area contributed by atoms with Crippen LogP contribution in [0.2, 0.25) is 0 Å². The van der Waals surface area contributed by atoms with Gasteiger partial charge in [0.1, 0.15) is 0 Å². The summed E-state index contributed by atoms with van der Waals surface area (Å²) in [5, 5.41) is 0.171. The normalized spacial score (nSPS) is 28.5. The zero-order valence-electron chi connectivity index (χ0n) is 10.0. The second kappa shape index (κ2) is 5.88. The highest BCUT2D eigenvalue weighted by molar-refractivity contribution is 6.14. The molecule has 0 saturated carbocycles. The van der Waals surface area contributed by atoms with Gasteiger partial charge in [-0.1, -0.05) is 13.8 Å². The van der Waals surface area contributed by atoms with E-state index in [0.29, 0.717) is 0 Å². The second-order valence-corrected chi connectivity index (χ2v) is 6.03. The molecule has 1 aliphatic heterocycles. The third-order valence-electron chi connectivity index (χ3n) is 3.10. The molecule has 0 aromatic heterocycles. The SMILES string of the molecule is CCCN(CCC)C1([SiH3])CCCCO1. The molecule has 1 atom stereocenters. The van der Waals surface area contributed by atoms with Crippen molar-refractivity contribution in [2.75, 3.05) is 19.7 Å². The molecule has 3 heteroatoms. The predicted molar refractivity (Wildman–Crippen MR) is 64.6 cm³/mol. The molecule has 1 fully saturated rings. The van der Waals surface area contributed by atoms with Gasteiger partial charge in [0.2, 0.25) is 0 Å². The minimum Gasteiger partial charge on any atom is -0.365 e. The van der Waals surface area contributed by atoms with Crippen molar-refractivity contribution >= 4 is 10.2 Å². The fraction of sp³-hybridized carbons (Fsp3) is 1.00. The lowest BCUT2D eigenvalue weighted by Gasteiger charge is -2.44. The van der Waals surface area contributed by atoms with E-state index < -0.39 is 0 Å². The van der Waals surface area contributed by atoms with Gasteiger partial charge in [-0.05, 0) is 32.1 Å². The molecule has 1 heterocycles. The Bertz CT molecular complexity index is 151. The van der Waals surface area contributed by atoms with Gasteiger partial charge in [-0.15, -0.1) is 0 Å². The molecule has 0 aliphatic carbocycles. The van der Waals surface area contributed by atoms with Crippen molar-refractivity contribution in [3.63, 3.8) is 0 Å². The largest absolute Gasteiger partial charge is 0.365 e. The lowest BCUT2D eigenvalue weighted by atomic mass is 10.1. The van der Waals surface area contributed by atoms with Crippen LogP contribution in [-0.2, 0) is 4.74 Å². The minimum atomic E-state index is 0.171. The summed E-state index contributed by atoms with van der Waals surface area (Å²) < 4.78 is 6.02. The number of nitrogens with zero attached hydrogens (tertiary/aromatic N) is 1. The van der Waals surface area contributed by atoms with Gasteiger partial charge in [0.25, 0.3) is 0 Å². The van der Waals surface area contributed by atoms with Crippen molar-refractivity contribution < 1.29 is 4.74 Å². The van der Waals surface area contributed by atoms with Crippen LogP contribution in [0.3, 0.4) is 0 Å². The monoisotopic (exact) mass is 215 g/mol. The molecule has 1 saturated heterocycles. The van der Waals surface area contributed by atoms with Crippen molar-refractivity contribution in [1.82, 2.24) is 4.90 Å². The molecule has 0 bridgehead atoms. The summed E-state index contributed by atoms with van der Waals surface area (Å²) >= 11 is 0. The van der Waals surface area contributed by atoms with E-state index in [0.717, 1.165) is 16.8 Å². The second-order valence-electron chi connectivity index (χ2n) is 4.47. The minimum absolute atomic E-state index is 0.171. The van der Waals surface area contributed by atoms with Crippen molar-refractivity contribution in [2.24, 2.45) is 0 Å². The zero-order chi connectivity index (χ0) is 10.4. The Kier molecular flexibility index (Phi) is 5.13. The molecule has 0 aromatic rings. The van der Waals surface area contributed by atoms with Crippen LogP contribution in [0.5, 0.6) is 0 Å². The fourth-order valence-corrected chi connectivity index (χ4v) is 3.30. The summed E-state index contributed by atoms with van der Waals surface area (Å²) in [6, 6.07) is 0. The van der Waals surface area contributed by atoms with Gasteiger partial charge in [0, 0.05) is 19.7 Å². The van der Waals surface area contributed by atoms with Crippen LogP contribution in [0.15, 0.2) is 0 Å². The van der Waals surface area contributed by atoms with Gasteiger partial charge in [0.05, 0.1) is 15.6 Å². The standard InChI is InChI=1S/C11H25NOSi/c1-3-8-12(9-4-2)11(14)7-5-6-10-13-11/h3-10H2,1-2,14H3. The summed E-state index contributed by atoms with van der Waals surface area (Å²) in [5.41, 5.74) is 0. The third kappa shape index (κ3) is 3.07. The van der Waals surface area contributed by atoms with Crippen molar-refractivity contribution in [3.05, 3.63) is 0 Å². The Balaban J connectivity index is 2.53. The Labute approximate surface area is 91.4 Å². The van der Waals surface area contributed by atoms with E-state index in [1.165, 1.54) is 45.2 Å². The van der Waals surface area contributed by atoms with E-state index >= 15 is 0 Å². The van der Waals surface area contributed by atoms with E-state index in [4.69, 9.17) is 4.74 Å². The van der Waals surface area contributed by atoms with Crippen molar-refractivity contribution in [2.45, 2.75) is 51.3 Å². The number of hydrogen-bond acceptors (Lipinski definition) is 2. The molecule has 0 spiro atoms. The van der Waals surface area contributed by atoms with Crippen LogP contribution in [0.4, 0.5) is 0 Å². The van der Waals surface area contributed by atoms with E-state index in [9.17, 15) is 0 Å². The van der Waals surface area contributed by atoms with Crippen LogP contribution in [0.25, 0.3) is 0 Å². The first kappa shape index (κ1) is 12.2. The lowest BCUT2D eigenvalue weighted by Crippen LogP contribution is -2.53. The summed E-state index contributed by atoms with van der Waals surface area (Å²) in [7, 11) is 1.15. The van der Waals surface area contributed by atoms with E-state index in [1.807, 2.05) is 0 Å². The van der Waals surface area contributed by atoms with Gasteiger partial charge < -0.3 is 4.74 Å². The number of hydrogen-bond donors (Lipinski definition) is 0. The predicted octanol–water partition coefficient (Wildman–Crippen LogP) is 1.33. The Morgan fingerprint density at radius 2 is 1.86 bits per heavy atom. The molecule has 0 N–H and O–H groups in total. The van der Waals surface area contributed by atoms with E-state index in [1.54, 1.807) is 0 Å². The Morgan fingerprint density at radius 3 is 2.29 bits per heavy atom. The van der Waals surface area contributed by atoms with Gasteiger partial charge >= 0.3 is 0 Å². The van der Waals surface area contributed by atoms with E-state index in [-0.39, 0.29) is 5.35 Å². The highest BCUT2D eigenvalue weighted by Gasteiger charge is 2.32. The quantitative estimate of drug-likeness (QED) is 0.642. The molecule has 0 aromatic carbocycles. The first-order valence-electron chi connectivity index (χ1n) is 6.12. The maximum absolute atomic E-state index is 6.02. The van der Waals surface area contributed by atoms with Crippen LogP contribution < -0.4 is 0 Å². The Hall–Kier alpha value is 0.137. The average molecular weight is 215 g/mol. The molecule has 84 valence electrons. The molecule has 0 radical (unpaired) electrons. The zero-order valence-corrected chi connectivity index (χ0v) is 12.0. The summed E-state index contributed by atoms with van der Waals surface area (Å²) in [4.78, 5) is 2.58. The van der Waals surface area contributed by atoms with Gasteiger partial charge in [-0.2, -0.15) is 0 Å². The fourth-order valence-electron chi connectivity index (χ4n) is 2.29. The topological polar surface area (TPSA) is 12.5 Å². The van der Waals surface area contributed by atoms with Crippen LogP contribution in [0.1, 0.15) is 46.0 Å².